The first-order chi connectivity index (χ1) is 17.6. The molecule has 0 aromatic heterocycles. The van der Waals surface area contributed by atoms with Crippen molar-refractivity contribution >= 4 is 29.2 Å². The van der Waals surface area contributed by atoms with Crippen molar-refractivity contribution in [2.24, 2.45) is 10.9 Å². The number of esters is 1. The van der Waals surface area contributed by atoms with Gasteiger partial charge in [-0.15, -0.1) is 0 Å². The molecule has 10 nitrogen and oxygen atoms in total. The molecule has 1 saturated heterocycles. The highest BCUT2D eigenvalue weighted by molar-refractivity contribution is 6.08. The van der Waals surface area contributed by atoms with Crippen molar-refractivity contribution in [2.75, 3.05) is 37.7 Å². The van der Waals surface area contributed by atoms with Crippen LogP contribution in [-0.2, 0) is 20.5 Å². The number of alkyl halides is 3. The summed E-state index contributed by atoms with van der Waals surface area (Å²) in [6, 6.07) is 9.58. The molecular weight excluding hydrogens is 495 g/mol. The van der Waals surface area contributed by atoms with Crippen LogP contribution in [0.5, 0.6) is 0 Å². The van der Waals surface area contributed by atoms with Gasteiger partial charge in [-0.1, -0.05) is 18.2 Å². The Kier molecular flexibility index (Phi) is 7.32. The van der Waals surface area contributed by atoms with Gasteiger partial charge in [-0.05, 0) is 30.7 Å². The quantitative estimate of drug-likeness (QED) is 0.279. The summed E-state index contributed by atoms with van der Waals surface area (Å²) in [5, 5.41) is 13.9. The Morgan fingerprint density at radius 1 is 1.14 bits per heavy atom. The number of carbonyl (C=O) groups excluding carboxylic acids is 2. The van der Waals surface area contributed by atoms with Gasteiger partial charge in [0.1, 0.15) is 6.04 Å². The molecule has 0 radical (unpaired) electrons. The normalized spacial score (nSPS) is 20.2. The van der Waals surface area contributed by atoms with Gasteiger partial charge in [0, 0.05) is 44.0 Å². The Bertz CT molecular complexity index is 1230. The molecule has 1 amide bonds. The number of hydrogen-bond donors (Lipinski definition) is 1. The number of nitro benzene ring substituents is 1. The molecule has 13 heteroatoms. The van der Waals surface area contributed by atoms with Crippen LogP contribution in [0.2, 0.25) is 0 Å². The van der Waals surface area contributed by atoms with Crippen LogP contribution >= 0.6 is 0 Å². The van der Waals surface area contributed by atoms with E-state index in [1.807, 2.05) is 0 Å². The number of ether oxygens (including phenoxy) is 1. The van der Waals surface area contributed by atoms with Crippen molar-refractivity contribution in [3.8, 4) is 0 Å². The summed E-state index contributed by atoms with van der Waals surface area (Å²) in [7, 11) is 0. The molecule has 0 aliphatic carbocycles. The fourth-order valence-corrected chi connectivity index (χ4v) is 4.34. The Morgan fingerprint density at radius 3 is 2.46 bits per heavy atom. The third kappa shape index (κ3) is 5.65. The third-order valence-corrected chi connectivity index (χ3v) is 6.18. The first-order valence-corrected chi connectivity index (χ1v) is 11.5. The second-order valence-corrected chi connectivity index (χ2v) is 8.49. The zero-order chi connectivity index (χ0) is 26.7. The second kappa shape index (κ2) is 10.4. The number of benzene rings is 2. The number of guanidine groups is 1. The molecule has 4 rings (SSSR count). The lowest BCUT2D eigenvalue weighted by Crippen LogP contribution is -2.57. The number of anilines is 1. The number of hydrogen-bond acceptors (Lipinski definition) is 8. The van der Waals surface area contributed by atoms with Gasteiger partial charge in [-0.25, -0.2) is 4.99 Å². The van der Waals surface area contributed by atoms with E-state index in [1.54, 1.807) is 28.9 Å². The maximum atomic E-state index is 13.1. The summed E-state index contributed by atoms with van der Waals surface area (Å²) in [4.78, 5) is 44.5. The number of nitrogens with one attached hydrogen (secondary N) is 1. The van der Waals surface area contributed by atoms with Gasteiger partial charge in [0.2, 0.25) is 11.9 Å². The molecule has 0 unspecified atom stereocenters. The van der Waals surface area contributed by atoms with E-state index in [4.69, 9.17) is 4.74 Å². The monoisotopic (exact) mass is 519 g/mol. The van der Waals surface area contributed by atoms with Gasteiger partial charge in [0.05, 0.1) is 17.1 Å². The number of aliphatic imine (C=N–C) groups is 1. The van der Waals surface area contributed by atoms with Gasteiger partial charge in [-0.3, -0.25) is 25.0 Å². The fourth-order valence-electron chi connectivity index (χ4n) is 4.34. The number of rotatable bonds is 5. The number of non-ortho nitro benzene ring substituents is 1. The molecule has 2 aliphatic rings. The lowest BCUT2D eigenvalue weighted by molar-refractivity contribution is -0.384. The summed E-state index contributed by atoms with van der Waals surface area (Å²) in [5.74, 6) is -2.60. The largest absolute Gasteiger partial charge is 0.465 e. The van der Waals surface area contributed by atoms with Crippen LogP contribution in [0.25, 0.3) is 0 Å². The van der Waals surface area contributed by atoms with E-state index < -0.39 is 40.5 Å². The van der Waals surface area contributed by atoms with Crippen molar-refractivity contribution in [3.63, 3.8) is 0 Å². The van der Waals surface area contributed by atoms with Gasteiger partial charge in [0.25, 0.3) is 5.69 Å². The minimum Gasteiger partial charge on any atom is -0.465 e. The number of amides is 1. The number of carbonyl (C=O) groups is 2. The van der Waals surface area contributed by atoms with E-state index in [0.717, 1.165) is 12.1 Å². The zero-order valence-electron chi connectivity index (χ0n) is 19.8. The second-order valence-electron chi connectivity index (χ2n) is 8.49. The first-order valence-electron chi connectivity index (χ1n) is 11.5. The molecule has 37 heavy (non-hydrogen) atoms. The fraction of sp³-hybridized carbons (Fsp3) is 0.375. The smallest absolute Gasteiger partial charge is 0.416 e. The number of halogens is 3. The summed E-state index contributed by atoms with van der Waals surface area (Å²) in [6.45, 7) is 3.03. The van der Waals surface area contributed by atoms with Gasteiger partial charge in [-0.2, -0.15) is 13.2 Å². The van der Waals surface area contributed by atoms with E-state index in [-0.39, 0.29) is 18.3 Å². The van der Waals surface area contributed by atoms with Crippen molar-refractivity contribution in [3.05, 3.63) is 69.8 Å². The van der Waals surface area contributed by atoms with Crippen LogP contribution in [0.1, 0.15) is 24.1 Å². The predicted octanol–water partition coefficient (Wildman–Crippen LogP) is 3.14. The lowest BCUT2D eigenvalue weighted by Gasteiger charge is -2.39. The maximum absolute atomic E-state index is 13.1. The van der Waals surface area contributed by atoms with E-state index in [9.17, 15) is 32.9 Å². The minimum atomic E-state index is -4.45. The Morgan fingerprint density at radius 2 is 1.81 bits per heavy atom. The molecule has 1 fully saturated rings. The maximum Gasteiger partial charge on any atom is 0.416 e. The van der Waals surface area contributed by atoms with Crippen molar-refractivity contribution in [1.82, 2.24) is 10.2 Å². The Hall–Kier alpha value is -4.16. The predicted molar refractivity (Wildman–Crippen MR) is 127 cm³/mol. The average Bonchev–Trinajstić information content (AvgIpc) is 2.88. The summed E-state index contributed by atoms with van der Waals surface area (Å²) in [5.41, 5.74) is -0.207. The van der Waals surface area contributed by atoms with Crippen molar-refractivity contribution in [1.29, 1.82) is 0 Å². The number of piperazine rings is 1. The van der Waals surface area contributed by atoms with Gasteiger partial charge < -0.3 is 14.5 Å². The van der Waals surface area contributed by atoms with Crippen molar-refractivity contribution < 1.29 is 32.4 Å². The van der Waals surface area contributed by atoms with Crippen molar-refractivity contribution in [2.45, 2.75) is 19.1 Å². The summed E-state index contributed by atoms with van der Waals surface area (Å²) < 4.78 is 44.4. The summed E-state index contributed by atoms with van der Waals surface area (Å²) >= 11 is 0. The zero-order valence-corrected chi connectivity index (χ0v) is 19.8. The first kappa shape index (κ1) is 25.9. The number of nitrogens with zero attached hydrogens (tertiary/aromatic N) is 4. The van der Waals surface area contributed by atoms with Crippen LogP contribution in [0, 0.1) is 16.0 Å². The van der Waals surface area contributed by atoms with E-state index in [2.05, 4.69) is 10.3 Å². The van der Waals surface area contributed by atoms with Crippen LogP contribution < -0.4 is 10.2 Å². The standard InChI is InChI=1S/C24H24F3N5O5/c1-2-37-22(34)19-20(15-5-3-8-18(13-15)32(35)36)28-23(29-21(19)33)31-11-9-30(10-12-31)17-7-4-6-16(14-17)24(25,26)27/h3-8,13-14,19-20H,2,9-12H2,1H3,(H,28,29,33)/t19-,20-/m0/s1. The van der Waals surface area contributed by atoms with E-state index in [1.165, 1.54) is 24.3 Å². The molecule has 2 heterocycles. The highest BCUT2D eigenvalue weighted by Gasteiger charge is 2.42. The highest BCUT2D eigenvalue weighted by Crippen LogP contribution is 2.34. The minimum absolute atomic E-state index is 0.0400. The molecule has 0 spiro atoms. The SMILES string of the molecule is CCOC(=O)[C@@H]1C(=O)NC(N2CCN(c3cccc(C(F)(F)F)c3)CC2)=N[C@H]1c1cccc([N+](=O)[O-])c1. The van der Waals surface area contributed by atoms with Crippen LogP contribution in [-0.4, -0.2) is 60.4 Å². The number of nitro groups is 1. The van der Waals surface area contributed by atoms with Gasteiger partial charge in [0.15, 0.2) is 5.92 Å². The molecular formula is C24H24F3N5O5. The molecule has 1 N–H and O–H groups in total. The Balaban J connectivity index is 1.57. The topological polar surface area (TPSA) is 117 Å². The molecule has 2 aliphatic heterocycles. The molecule has 2 atom stereocenters. The van der Waals surface area contributed by atoms with Crippen LogP contribution in [0.15, 0.2) is 53.5 Å². The highest BCUT2D eigenvalue weighted by atomic mass is 19.4. The molecule has 2 aromatic rings. The lowest BCUT2D eigenvalue weighted by atomic mass is 9.91. The van der Waals surface area contributed by atoms with E-state index in [0.29, 0.717) is 37.4 Å². The molecule has 196 valence electrons. The molecule has 2 aromatic carbocycles. The average molecular weight is 519 g/mol. The Labute approximate surface area is 209 Å². The van der Waals surface area contributed by atoms with Crippen LogP contribution in [0.3, 0.4) is 0 Å². The van der Waals surface area contributed by atoms with E-state index >= 15 is 0 Å². The molecule has 0 bridgehead atoms. The molecule has 0 saturated carbocycles. The van der Waals surface area contributed by atoms with Crippen LogP contribution in [0.4, 0.5) is 24.5 Å². The summed E-state index contributed by atoms with van der Waals surface area (Å²) in [6.07, 6.45) is -4.45. The third-order valence-electron chi connectivity index (χ3n) is 6.18. The van der Waals surface area contributed by atoms with Gasteiger partial charge >= 0.3 is 12.1 Å².